The minimum Gasteiger partial charge on any atom is -0.477 e. The number of hydrogen-bond donors (Lipinski definition) is 0. The molecule has 0 atom stereocenters. The lowest BCUT2D eigenvalue weighted by atomic mass is 10.1. The fourth-order valence-corrected chi connectivity index (χ4v) is 1.77. The van der Waals surface area contributed by atoms with Gasteiger partial charge in [0.05, 0.1) is 12.2 Å². The maximum atomic E-state index is 11.4. The summed E-state index contributed by atoms with van der Waals surface area (Å²) in [6.45, 7) is 2.06. The second-order valence-electron chi connectivity index (χ2n) is 4.22. The summed E-state index contributed by atoms with van der Waals surface area (Å²) in [7, 11) is 0. The third-order valence-corrected chi connectivity index (χ3v) is 2.75. The quantitative estimate of drug-likeness (QED) is 0.589. The Morgan fingerprint density at radius 1 is 1.21 bits per heavy atom. The van der Waals surface area contributed by atoms with Gasteiger partial charge in [0.1, 0.15) is 0 Å². The van der Waals surface area contributed by atoms with Gasteiger partial charge in [0.15, 0.2) is 5.78 Å². The molecule has 2 heterocycles. The van der Waals surface area contributed by atoms with Crippen molar-refractivity contribution in [3.8, 4) is 5.88 Å². The molecule has 0 N–H and O–H groups in total. The van der Waals surface area contributed by atoms with Gasteiger partial charge < -0.3 is 4.74 Å². The number of aryl methyl sites for hydroxylation is 1. The molecule has 19 heavy (non-hydrogen) atoms. The number of carbonyl (C=O) groups is 1. The molecule has 0 fully saturated rings. The molecule has 2 aromatic rings. The third kappa shape index (κ3) is 3.88. The van der Waals surface area contributed by atoms with E-state index in [4.69, 9.17) is 4.74 Å². The fraction of sp³-hybridized carbons (Fsp3) is 0.267. The summed E-state index contributed by atoms with van der Waals surface area (Å²) in [5.74, 6) is 0.391. The van der Waals surface area contributed by atoms with Crippen molar-refractivity contribution in [1.82, 2.24) is 9.97 Å². The molecule has 0 unspecified atom stereocenters. The molecule has 0 bridgehead atoms. The van der Waals surface area contributed by atoms with Crippen LogP contribution in [0.3, 0.4) is 0 Å². The predicted molar refractivity (Wildman–Crippen MR) is 72.3 cm³/mol. The van der Waals surface area contributed by atoms with E-state index < -0.39 is 0 Å². The average molecular weight is 256 g/mol. The van der Waals surface area contributed by atoms with Crippen LogP contribution in [0.25, 0.3) is 0 Å². The molecular weight excluding hydrogens is 240 g/mol. The molecule has 4 nitrogen and oxygen atoms in total. The average Bonchev–Trinajstić information content (AvgIpc) is 2.45. The van der Waals surface area contributed by atoms with Crippen molar-refractivity contribution in [1.29, 1.82) is 0 Å². The molecule has 0 aliphatic heterocycles. The zero-order valence-electron chi connectivity index (χ0n) is 10.9. The van der Waals surface area contributed by atoms with Gasteiger partial charge in [-0.2, -0.15) is 0 Å². The molecule has 0 saturated carbocycles. The highest BCUT2D eigenvalue weighted by Gasteiger charge is 2.08. The van der Waals surface area contributed by atoms with Gasteiger partial charge in [0.2, 0.25) is 5.88 Å². The number of carbonyl (C=O) groups excluding carboxylic acids is 1. The normalized spacial score (nSPS) is 10.2. The number of ether oxygens (including phenoxy) is 1. The van der Waals surface area contributed by atoms with Crippen LogP contribution in [-0.4, -0.2) is 22.4 Å². The fourth-order valence-electron chi connectivity index (χ4n) is 1.77. The molecule has 0 saturated heterocycles. The van der Waals surface area contributed by atoms with Crippen LogP contribution in [0, 0.1) is 0 Å². The van der Waals surface area contributed by atoms with Crippen molar-refractivity contribution in [2.45, 2.75) is 19.8 Å². The summed E-state index contributed by atoms with van der Waals surface area (Å²) in [5, 5.41) is 0. The molecule has 0 amide bonds. The molecule has 0 radical (unpaired) electrons. The summed E-state index contributed by atoms with van der Waals surface area (Å²) in [4.78, 5) is 19.5. The van der Waals surface area contributed by atoms with Crippen molar-refractivity contribution < 1.29 is 9.53 Å². The van der Waals surface area contributed by atoms with Gasteiger partial charge in [0.25, 0.3) is 0 Å². The molecule has 2 aromatic heterocycles. The zero-order valence-corrected chi connectivity index (χ0v) is 10.9. The van der Waals surface area contributed by atoms with E-state index in [0.717, 1.165) is 12.8 Å². The van der Waals surface area contributed by atoms with Crippen molar-refractivity contribution in [2.75, 3.05) is 6.61 Å². The molecule has 2 rings (SSSR count). The van der Waals surface area contributed by atoms with E-state index in [1.807, 2.05) is 12.1 Å². The Hall–Kier alpha value is -2.23. The van der Waals surface area contributed by atoms with Gasteiger partial charge in [0, 0.05) is 18.6 Å². The van der Waals surface area contributed by atoms with Crippen molar-refractivity contribution >= 4 is 5.78 Å². The Morgan fingerprint density at radius 3 is 2.74 bits per heavy atom. The van der Waals surface area contributed by atoms with Gasteiger partial charge in [-0.3, -0.25) is 9.78 Å². The van der Waals surface area contributed by atoms with Gasteiger partial charge in [-0.1, -0.05) is 0 Å². The number of ketones is 1. The predicted octanol–water partition coefficient (Wildman–Crippen LogP) is 2.69. The maximum Gasteiger partial charge on any atom is 0.224 e. The SMILES string of the molecule is CC(=O)c1cccnc1OCCCc1ccncc1. The lowest BCUT2D eigenvalue weighted by Gasteiger charge is -2.08. The van der Waals surface area contributed by atoms with Gasteiger partial charge in [-0.05, 0) is 49.6 Å². The zero-order chi connectivity index (χ0) is 13.5. The highest BCUT2D eigenvalue weighted by molar-refractivity contribution is 5.96. The molecule has 0 aromatic carbocycles. The smallest absolute Gasteiger partial charge is 0.224 e. The van der Waals surface area contributed by atoms with Crippen LogP contribution in [0.15, 0.2) is 42.9 Å². The molecule has 0 aliphatic rings. The van der Waals surface area contributed by atoms with Crippen LogP contribution >= 0.6 is 0 Å². The topological polar surface area (TPSA) is 52.1 Å². The Morgan fingerprint density at radius 2 is 2.00 bits per heavy atom. The van der Waals surface area contributed by atoms with Crippen molar-refractivity contribution in [3.63, 3.8) is 0 Å². The summed E-state index contributed by atoms with van der Waals surface area (Å²) < 4.78 is 5.57. The Bertz CT molecular complexity index is 541. The lowest BCUT2D eigenvalue weighted by Crippen LogP contribution is -2.05. The van der Waals surface area contributed by atoms with E-state index in [0.29, 0.717) is 18.1 Å². The van der Waals surface area contributed by atoms with Crippen LogP contribution in [-0.2, 0) is 6.42 Å². The Labute approximate surface area is 112 Å². The first kappa shape index (κ1) is 13.2. The second-order valence-corrected chi connectivity index (χ2v) is 4.22. The largest absolute Gasteiger partial charge is 0.477 e. The van der Waals surface area contributed by atoms with Crippen molar-refractivity contribution in [3.05, 3.63) is 54.0 Å². The Kier molecular flexibility index (Phi) is 4.61. The van der Waals surface area contributed by atoms with E-state index >= 15 is 0 Å². The summed E-state index contributed by atoms with van der Waals surface area (Å²) in [6.07, 6.45) is 6.99. The van der Waals surface area contributed by atoms with Crippen molar-refractivity contribution in [2.24, 2.45) is 0 Å². The Balaban J connectivity index is 1.85. The van der Waals surface area contributed by atoms with E-state index in [1.54, 1.807) is 30.7 Å². The molecule has 0 spiro atoms. The highest BCUT2D eigenvalue weighted by atomic mass is 16.5. The van der Waals surface area contributed by atoms with Crippen LogP contribution in [0.2, 0.25) is 0 Å². The molecular formula is C15H16N2O2. The maximum absolute atomic E-state index is 11.4. The van der Waals surface area contributed by atoms with Crippen LogP contribution in [0.5, 0.6) is 5.88 Å². The molecule has 4 heteroatoms. The number of aromatic nitrogens is 2. The van der Waals surface area contributed by atoms with E-state index in [2.05, 4.69) is 9.97 Å². The van der Waals surface area contributed by atoms with E-state index in [9.17, 15) is 4.79 Å². The number of pyridine rings is 2. The van der Waals surface area contributed by atoms with Gasteiger partial charge >= 0.3 is 0 Å². The van der Waals surface area contributed by atoms with E-state index in [1.165, 1.54) is 12.5 Å². The summed E-state index contributed by atoms with van der Waals surface area (Å²) >= 11 is 0. The standard InChI is InChI=1S/C15H16N2O2/c1-12(18)14-5-2-8-17-15(14)19-11-3-4-13-6-9-16-10-7-13/h2,5-10H,3-4,11H2,1H3. The number of hydrogen-bond acceptors (Lipinski definition) is 4. The number of rotatable bonds is 6. The minimum atomic E-state index is -0.0303. The number of Topliss-reactive ketones (excluding diaryl/α,β-unsaturated/α-hetero) is 1. The molecule has 0 aliphatic carbocycles. The summed E-state index contributed by atoms with van der Waals surface area (Å²) in [5.41, 5.74) is 1.76. The van der Waals surface area contributed by atoms with Crippen LogP contribution < -0.4 is 4.74 Å². The second kappa shape index (κ2) is 6.64. The lowest BCUT2D eigenvalue weighted by molar-refractivity contribution is 0.101. The first-order chi connectivity index (χ1) is 9.27. The number of nitrogens with zero attached hydrogens (tertiary/aromatic N) is 2. The van der Waals surface area contributed by atoms with Gasteiger partial charge in [-0.25, -0.2) is 4.98 Å². The van der Waals surface area contributed by atoms with Crippen LogP contribution in [0.1, 0.15) is 29.3 Å². The first-order valence-electron chi connectivity index (χ1n) is 6.25. The molecule has 98 valence electrons. The highest BCUT2D eigenvalue weighted by Crippen LogP contribution is 2.15. The third-order valence-electron chi connectivity index (χ3n) is 2.75. The minimum absolute atomic E-state index is 0.0303. The van der Waals surface area contributed by atoms with E-state index in [-0.39, 0.29) is 5.78 Å². The van der Waals surface area contributed by atoms with Crippen LogP contribution in [0.4, 0.5) is 0 Å². The summed E-state index contributed by atoms with van der Waals surface area (Å²) in [6, 6.07) is 7.44. The first-order valence-corrected chi connectivity index (χ1v) is 6.25. The van der Waals surface area contributed by atoms with Gasteiger partial charge in [-0.15, -0.1) is 0 Å². The monoisotopic (exact) mass is 256 g/mol.